The van der Waals surface area contributed by atoms with E-state index in [1.807, 2.05) is 0 Å². The number of hydrogen-bond acceptors (Lipinski definition) is 1. The summed E-state index contributed by atoms with van der Waals surface area (Å²) in [6.45, 7) is 13.3. The van der Waals surface area contributed by atoms with E-state index in [4.69, 9.17) is 0 Å². The topological polar surface area (TPSA) is 12.0 Å². The molecule has 1 heteroatoms. The lowest BCUT2D eigenvalue weighted by molar-refractivity contribution is -0.00152. The van der Waals surface area contributed by atoms with Gasteiger partial charge in [0.05, 0.1) is 0 Å². The van der Waals surface area contributed by atoms with E-state index in [1.54, 1.807) is 0 Å². The van der Waals surface area contributed by atoms with E-state index in [0.717, 1.165) is 41.5 Å². The summed E-state index contributed by atoms with van der Waals surface area (Å²) < 4.78 is 0. The first-order valence-corrected chi connectivity index (χ1v) is 11.3. The first-order valence-electron chi connectivity index (χ1n) is 11.3. The van der Waals surface area contributed by atoms with Gasteiger partial charge in [-0.15, -0.1) is 0 Å². The Morgan fingerprint density at radius 3 is 2.21 bits per heavy atom. The molecule has 1 saturated carbocycles. The molecule has 0 spiro atoms. The van der Waals surface area contributed by atoms with E-state index in [2.05, 4.69) is 39.9 Å². The van der Waals surface area contributed by atoms with Gasteiger partial charge in [-0.2, -0.15) is 0 Å². The molecule has 2 fully saturated rings. The third-order valence-electron chi connectivity index (χ3n) is 7.56. The van der Waals surface area contributed by atoms with Gasteiger partial charge in [-0.05, 0) is 67.7 Å². The molecule has 24 heavy (non-hydrogen) atoms. The molecular formula is C23H45N. The lowest BCUT2D eigenvalue weighted by Gasteiger charge is -2.50. The van der Waals surface area contributed by atoms with Crippen LogP contribution in [0.4, 0.5) is 0 Å². The maximum Gasteiger partial charge on any atom is 0.0108 e. The van der Waals surface area contributed by atoms with Gasteiger partial charge in [0.25, 0.3) is 0 Å². The first kappa shape index (κ1) is 20.3. The predicted molar refractivity (Wildman–Crippen MR) is 107 cm³/mol. The minimum absolute atomic E-state index is 0.854. The average molecular weight is 336 g/mol. The standard InChI is InChI=1S/C23H45N/c1-6-8-9-12-20-16-24-23(20)14-10-13-21-19(11-7-2)15-22(21)18(5)17(3)4/h17-24H,6-16H2,1-5H3. The van der Waals surface area contributed by atoms with Crippen LogP contribution in [-0.2, 0) is 0 Å². The molecule has 1 saturated heterocycles. The number of nitrogens with one attached hydrogen (secondary N) is 1. The van der Waals surface area contributed by atoms with Crippen molar-refractivity contribution in [3.8, 4) is 0 Å². The molecule has 0 aromatic rings. The van der Waals surface area contributed by atoms with Crippen LogP contribution in [0.5, 0.6) is 0 Å². The zero-order chi connectivity index (χ0) is 17.5. The molecule has 0 aromatic heterocycles. The second-order valence-electron chi connectivity index (χ2n) is 9.42. The molecule has 6 unspecified atom stereocenters. The molecule has 0 radical (unpaired) electrons. The first-order chi connectivity index (χ1) is 11.6. The predicted octanol–water partition coefficient (Wildman–Crippen LogP) is 6.67. The summed E-state index contributed by atoms with van der Waals surface area (Å²) >= 11 is 0. The molecule has 1 nitrogen and oxygen atoms in total. The lowest BCUT2D eigenvalue weighted by Crippen LogP contribution is -2.52. The van der Waals surface area contributed by atoms with Gasteiger partial charge in [0, 0.05) is 6.04 Å². The van der Waals surface area contributed by atoms with Crippen LogP contribution >= 0.6 is 0 Å². The van der Waals surface area contributed by atoms with Crippen LogP contribution in [0.3, 0.4) is 0 Å². The van der Waals surface area contributed by atoms with Gasteiger partial charge >= 0.3 is 0 Å². The van der Waals surface area contributed by atoms with E-state index >= 15 is 0 Å². The van der Waals surface area contributed by atoms with Crippen molar-refractivity contribution in [2.24, 2.45) is 35.5 Å². The molecule has 1 N–H and O–H groups in total. The smallest absolute Gasteiger partial charge is 0.0108 e. The second kappa shape index (κ2) is 10.2. The molecule has 142 valence electrons. The maximum absolute atomic E-state index is 3.72. The molecule has 0 amide bonds. The van der Waals surface area contributed by atoms with Crippen LogP contribution in [-0.4, -0.2) is 12.6 Å². The highest BCUT2D eigenvalue weighted by atomic mass is 15.0. The van der Waals surface area contributed by atoms with Gasteiger partial charge in [0.2, 0.25) is 0 Å². The summed E-state index contributed by atoms with van der Waals surface area (Å²) in [6, 6.07) is 0.854. The summed E-state index contributed by atoms with van der Waals surface area (Å²) in [6.07, 6.45) is 14.5. The zero-order valence-electron chi connectivity index (χ0n) is 17.3. The van der Waals surface area contributed by atoms with Gasteiger partial charge in [0.1, 0.15) is 0 Å². The Morgan fingerprint density at radius 1 is 0.833 bits per heavy atom. The van der Waals surface area contributed by atoms with E-state index in [9.17, 15) is 0 Å². The van der Waals surface area contributed by atoms with Crippen molar-refractivity contribution in [2.45, 2.75) is 105 Å². The highest BCUT2D eigenvalue weighted by molar-refractivity contribution is 4.93. The Labute approximate surface area is 152 Å². The van der Waals surface area contributed by atoms with Crippen LogP contribution in [0.2, 0.25) is 0 Å². The molecule has 1 heterocycles. The van der Waals surface area contributed by atoms with E-state index < -0.39 is 0 Å². The molecule has 2 rings (SSSR count). The van der Waals surface area contributed by atoms with Crippen LogP contribution in [0, 0.1) is 35.5 Å². The lowest BCUT2D eigenvalue weighted by atomic mass is 9.56. The molecule has 0 aromatic carbocycles. The van der Waals surface area contributed by atoms with Crippen molar-refractivity contribution in [2.75, 3.05) is 6.54 Å². The Kier molecular flexibility index (Phi) is 8.61. The van der Waals surface area contributed by atoms with Crippen molar-refractivity contribution in [1.82, 2.24) is 5.32 Å². The quantitative estimate of drug-likeness (QED) is 0.393. The Hall–Kier alpha value is -0.0400. The van der Waals surface area contributed by atoms with E-state index in [0.29, 0.717) is 0 Å². The van der Waals surface area contributed by atoms with Crippen LogP contribution < -0.4 is 5.32 Å². The highest BCUT2D eigenvalue weighted by Gasteiger charge is 2.43. The summed E-state index contributed by atoms with van der Waals surface area (Å²) in [5, 5.41) is 3.72. The van der Waals surface area contributed by atoms with Crippen molar-refractivity contribution in [1.29, 1.82) is 0 Å². The van der Waals surface area contributed by atoms with Crippen LogP contribution in [0.25, 0.3) is 0 Å². The van der Waals surface area contributed by atoms with Crippen molar-refractivity contribution in [3.05, 3.63) is 0 Å². The van der Waals surface area contributed by atoms with Crippen LogP contribution in [0.1, 0.15) is 98.8 Å². The Balaban J connectivity index is 1.70. The van der Waals surface area contributed by atoms with Crippen molar-refractivity contribution < 1.29 is 0 Å². The maximum atomic E-state index is 3.72. The normalized spacial score (nSPS) is 34.0. The largest absolute Gasteiger partial charge is 0.313 e. The molecule has 1 aliphatic heterocycles. The molecular weight excluding hydrogens is 290 g/mol. The fourth-order valence-electron chi connectivity index (χ4n) is 5.43. The minimum atomic E-state index is 0.854. The van der Waals surface area contributed by atoms with Gasteiger partial charge in [-0.25, -0.2) is 0 Å². The van der Waals surface area contributed by atoms with Gasteiger partial charge in [-0.3, -0.25) is 0 Å². The fourth-order valence-corrected chi connectivity index (χ4v) is 5.43. The zero-order valence-corrected chi connectivity index (χ0v) is 17.3. The minimum Gasteiger partial charge on any atom is -0.313 e. The van der Waals surface area contributed by atoms with Gasteiger partial charge in [-0.1, -0.05) is 73.1 Å². The summed E-state index contributed by atoms with van der Waals surface area (Å²) in [4.78, 5) is 0. The van der Waals surface area contributed by atoms with Crippen molar-refractivity contribution >= 4 is 0 Å². The SMILES string of the molecule is CCCCCC1CNC1CCCC1C(CCC)CC1C(C)C(C)C. The molecule has 2 aliphatic rings. The average Bonchev–Trinajstić information content (AvgIpc) is 2.53. The van der Waals surface area contributed by atoms with Gasteiger partial charge < -0.3 is 5.32 Å². The molecule has 6 atom stereocenters. The monoisotopic (exact) mass is 335 g/mol. The molecule has 0 bridgehead atoms. The molecule has 1 aliphatic carbocycles. The van der Waals surface area contributed by atoms with Gasteiger partial charge in [0.15, 0.2) is 0 Å². The Bertz CT molecular complexity index is 337. The van der Waals surface area contributed by atoms with Crippen molar-refractivity contribution in [3.63, 3.8) is 0 Å². The highest BCUT2D eigenvalue weighted by Crippen LogP contribution is 2.51. The second-order valence-corrected chi connectivity index (χ2v) is 9.42. The number of unbranched alkanes of at least 4 members (excludes halogenated alkanes) is 2. The third-order valence-corrected chi connectivity index (χ3v) is 7.56. The van der Waals surface area contributed by atoms with E-state index in [1.165, 1.54) is 70.8 Å². The summed E-state index contributed by atoms with van der Waals surface area (Å²) in [7, 11) is 0. The number of rotatable bonds is 12. The summed E-state index contributed by atoms with van der Waals surface area (Å²) in [5.41, 5.74) is 0. The third kappa shape index (κ3) is 5.23. The van der Waals surface area contributed by atoms with Crippen LogP contribution in [0.15, 0.2) is 0 Å². The number of hydrogen-bond donors (Lipinski definition) is 1. The summed E-state index contributed by atoms with van der Waals surface area (Å²) in [5.74, 6) is 5.89. The fraction of sp³-hybridized carbons (Fsp3) is 1.00. The Morgan fingerprint density at radius 2 is 1.62 bits per heavy atom. The van der Waals surface area contributed by atoms with E-state index in [-0.39, 0.29) is 0 Å².